The van der Waals surface area contributed by atoms with Crippen molar-refractivity contribution in [3.63, 3.8) is 0 Å². The first-order valence-electron chi connectivity index (χ1n) is 10.1. The van der Waals surface area contributed by atoms with Crippen LogP contribution in [0.25, 0.3) is 11.0 Å². The van der Waals surface area contributed by atoms with Crippen LogP contribution in [0.1, 0.15) is 64.2 Å². The molecule has 1 aliphatic heterocycles. The number of likely N-dealkylation sites (tertiary alicyclic amines) is 1. The van der Waals surface area contributed by atoms with Crippen LogP contribution in [0.15, 0.2) is 24.3 Å². The van der Waals surface area contributed by atoms with Gasteiger partial charge in [0.2, 0.25) is 11.8 Å². The fourth-order valence-corrected chi connectivity index (χ4v) is 3.75. The second kappa shape index (κ2) is 9.02. The van der Waals surface area contributed by atoms with Gasteiger partial charge in [0.25, 0.3) is 0 Å². The minimum Gasteiger partial charge on any atom is -0.346 e. The van der Waals surface area contributed by atoms with Gasteiger partial charge >= 0.3 is 0 Å². The lowest BCUT2D eigenvalue weighted by Gasteiger charge is -2.21. The maximum Gasteiger partial charge on any atom is 0.224 e. The Hall–Kier alpha value is -2.37. The second-order valence-corrected chi connectivity index (χ2v) is 7.30. The normalized spacial score (nSPS) is 16.1. The van der Waals surface area contributed by atoms with Gasteiger partial charge in [-0.3, -0.25) is 9.59 Å². The number of imidazole rings is 1. The molecule has 1 atom stereocenters. The van der Waals surface area contributed by atoms with Crippen molar-refractivity contribution in [3.8, 4) is 0 Å². The number of aromatic nitrogens is 2. The maximum atomic E-state index is 12.7. The Morgan fingerprint density at radius 2 is 1.85 bits per heavy atom. The Kier molecular flexibility index (Phi) is 6.48. The van der Waals surface area contributed by atoms with Crippen LogP contribution in [-0.4, -0.2) is 39.4 Å². The molecular weight excluding hydrogens is 340 g/mol. The van der Waals surface area contributed by atoms with Crippen molar-refractivity contribution >= 4 is 22.8 Å². The molecule has 1 saturated heterocycles. The minimum atomic E-state index is -0.196. The van der Waals surface area contributed by atoms with Crippen molar-refractivity contribution < 1.29 is 9.59 Å². The molecule has 1 aromatic heterocycles. The maximum absolute atomic E-state index is 12.7. The smallest absolute Gasteiger partial charge is 0.224 e. The number of nitrogens with zero attached hydrogens (tertiary/aromatic N) is 3. The molecule has 0 spiro atoms. The monoisotopic (exact) mass is 370 g/mol. The van der Waals surface area contributed by atoms with E-state index in [0.29, 0.717) is 19.4 Å². The summed E-state index contributed by atoms with van der Waals surface area (Å²) in [7, 11) is 0. The van der Waals surface area contributed by atoms with Gasteiger partial charge in [-0.1, -0.05) is 31.9 Å². The highest BCUT2D eigenvalue weighted by Crippen LogP contribution is 2.22. The van der Waals surface area contributed by atoms with Crippen molar-refractivity contribution in [2.45, 2.75) is 65.0 Å². The summed E-state index contributed by atoms with van der Waals surface area (Å²) in [4.78, 5) is 31.3. The molecule has 1 aromatic carbocycles. The number of carbonyl (C=O) groups excluding carboxylic acids is 2. The summed E-state index contributed by atoms with van der Waals surface area (Å²) in [5.74, 6) is 1.02. The molecule has 3 rings (SSSR count). The molecule has 0 bridgehead atoms. The molecule has 0 aliphatic carbocycles. The minimum absolute atomic E-state index is 0.00162. The Morgan fingerprint density at radius 1 is 1.15 bits per heavy atom. The number of nitrogens with one attached hydrogen (secondary N) is 1. The van der Waals surface area contributed by atoms with E-state index in [-0.39, 0.29) is 17.9 Å². The fourth-order valence-electron chi connectivity index (χ4n) is 3.75. The average molecular weight is 370 g/mol. The number of fused-ring (bicyclic) bond motifs is 1. The number of para-hydroxylation sites is 2. The van der Waals surface area contributed by atoms with Crippen molar-refractivity contribution in [1.29, 1.82) is 0 Å². The molecule has 6 heteroatoms. The molecule has 2 aromatic rings. The molecule has 1 unspecified atom stereocenters. The van der Waals surface area contributed by atoms with Gasteiger partial charge in [-0.05, 0) is 31.9 Å². The van der Waals surface area contributed by atoms with Crippen LogP contribution in [-0.2, 0) is 16.1 Å². The number of hydrogen-bond donors (Lipinski definition) is 1. The predicted molar refractivity (Wildman–Crippen MR) is 106 cm³/mol. The largest absolute Gasteiger partial charge is 0.346 e. The molecule has 0 saturated carbocycles. The molecule has 1 fully saturated rings. The van der Waals surface area contributed by atoms with Crippen molar-refractivity contribution in [3.05, 3.63) is 30.1 Å². The first-order valence-corrected chi connectivity index (χ1v) is 10.1. The topological polar surface area (TPSA) is 67.2 Å². The fraction of sp³-hybridized carbons (Fsp3) is 0.571. The highest BCUT2D eigenvalue weighted by molar-refractivity contribution is 5.79. The van der Waals surface area contributed by atoms with E-state index >= 15 is 0 Å². The number of rotatable bonds is 6. The quantitative estimate of drug-likeness (QED) is 0.847. The number of hydrogen-bond acceptors (Lipinski definition) is 3. The van der Waals surface area contributed by atoms with E-state index in [1.807, 2.05) is 43.0 Å². The molecule has 0 radical (unpaired) electrons. The summed E-state index contributed by atoms with van der Waals surface area (Å²) in [5, 5.41) is 2.99. The molecular formula is C21H30N4O2. The van der Waals surface area contributed by atoms with Crippen LogP contribution in [0.2, 0.25) is 0 Å². The number of aryl methyl sites for hydroxylation is 1. The molecule has 1 N–H and O–H groups in total. The summed E-state index contributed by atoms with van der Waals surface area (Å²) >= 11 is 0. The second-order valence-electron chi connectivity index (χ2n) is 7.30. The van der Waals surface area contributed by atoms with Crippen LogP contribution in [0.4, 0.5) is 0 Å². The van der Waals surface area contributed by atoms with E-state index in [1.165, 1.54) is 12.8 Å². The molecule has 1 aliphatic rings. The Morgan fingerprint density at radius 3 is 2.56 bits per heavy atom. The number of carbonyl (C=O) groups is 2. The van der Waals surface area contributed by atoms with E-state index in [4.69, 9.17) is 4.98 Å². The van der Waals surface area contributed by atoms with Gasteiger partial charge in [0, 0.05) is 32.5 Å². The van der Waals surface area contributed by atoms with E-state index in [2.05, 4.69) is 9.88 Å². The Balaban J connectivity index is 1.78. The summed E-state index contributed by atoms with van der Waals surface area (Å²) < 4.78 is 2.09. The standard InChI is InChI=1S/C21H30N4O2/c1-3-19(26)22-16(2)21-23-17-10-6-7-11-18(17)25(21)15-12-20(27)24-13-8-4-5-9-14-24/h6-7,10-11,16H,3-5,8-9,12-15H2,1-2H3,(H,22,26). The molecule has 146 valence electrons. The van der Waals surface area contributed by atoms with Gasteiger partial charge in [-0.15, -0.1) is 0 Å². The van der Waals surface area contributed by atoms with Crippen molar-refractivity contribution in [2.24, 2.45) is 0 Å². The van der Waals surface area contributed by atoms with Crippen LogP contribution >= 0.6 is 0 Å². The third kappa shape index (κ3) is 4.67. The summed E-state index contributed by atoms with van der Waals surface area (Å²) in [6, 6.07) is 7.74. The van der Waals surface area contributed by atoms with Gasteiger partial charge in [0.1, 0.15) is 5.82 Å². The molecule has 6 nitrogen and oxygen atoms in total. The third-order valence-corrected chi connectivity index (χ3v) is 5.28. The Bertz CT molecular complexity index is 791. The average Bonchev–Trinajstić information content (AvgIpc) is 2.84. The van der Waals surface area contributed by atoms with Gasteiger partial charge in [0.05, 0.1) is 17.1 Å². The van der Waals surface area contributed by atoms with Crippen LogP contribution in [0.3, 0.4) is 0 Å². The molecule has 2 heterocycles. The van der Waals surface area contributed by atoms with Crippen LogP contribution < -0.4 is 5.32 Å². The van der Waals surface area contributed by atoms with Crippen molar-refractivity contribution in [2.75, 3.05) is 13.1 Å². The molecule has 27 heavy (non-hydrogen) atoms. The van der Waals surface area contributed by atoms with Crippen LogP contribution in [0, 0.1) is 0 Å². The van der Waals surface area contributed by atoms with Gasteiger partial charge in [-0.2, -0.15) is 0 Å². The zero-order valence-electron chi connectivity index (χ0n) is 16.4. The van der Waals surface area contributed by atoms with E-state index < -0.39 is 0 Å². The SMILES string of the molecule is CCC(=O)NC(C)c1nc2ccccc2n1CCC(=O)N1CCCCCC1. The van der Waals surface area contributed by atoms with Gasteiger partial charge in [0.15, 0.2) is 0 Å². The first-order chi connectivity index (χ1) is 13.1. The van der Waals surface area contributed by atoms with Gasteiger partial charge in [-0.25, -0.2) is 4.98 Å². The zero-order valence-corrected chi connectivity index (χ0v) is 16.4. The lowest BCUT2D eigenvalue weighted by molar-refractivity contribution is -0.131. The highest BCUT2D eigenvalue weighted by Gasteiger charge is 2.20. The Labute approximate surface area is 160 Å². The number of benzene rings is 1. The highest BCUT2D eigenvalue weighted by atomic mass is 16.2. The first kappa shape index (κ1) is 19.4. The summed E-state index contributed by atoms with van der Waals surface area (Å²) in [6.07, 6.45) is 5.54. The van der Waals surface area contributed by atoms with E-state index in [0.717, 1.165) is 42.8 Å². The zero-order chi connectivity index (χ0) is 19.2. The lowest BCUT2D eigenvalue weighted by Crippen LogP contribution is -2.33. The lowest BCUT2D eigenvalue weighted by atomic mass is 10.2. The van der Waals surface area contributed by atoms with Crippen molar-refractivity contribution in [1.82, 2.24) is 19.8 Å². The number of amides is 2. The third-order valence-electron chi connectivity index (χ3n) is 5.28. The molecule has 2 amide bonds. The summed E-state index contributed by atoms with van der Waals surface area (Å²) in [6.45, 7) is 6.11. The van der Waals surface area contributed by atoms with E-state index in [1.54, 1.807) is 0 Å². The van der Waals surface area contributed by atoms with E-state index in [9.17, 15) is 9.59 Å². The van der Waals surface area contributed by atoms with Gasteiger partial charge < -0.3 is 14.8 Å². The predicted octanol–water partition coefficient (Wildman–Crippen LogP) is 3.42. The van der Waals surface area contributed by atoms with Crippen LogP contribution in [0.5, 0.6) is 0 Å². The summed E-state index contributed by atoms with van der Waals surface area (Å²) in [5.41, 5.74) is 1.90.